The highest BCUT2D eigenvalue weighted by molar-refractivity contribution is 5.89. The van der Waals surface area contributed by atoms with Crippen molar-refractivity contribution in [2.75, 3.05) is 20.2 Å². The summed E-state index contributed by atoms with van der Waals surface area (Å²) in [6.07, 6.45) is 1.25. The predicted molar refractivity (Wildman–Crippen MR) is 112 cm³/mol. The Balaban J connectivity index is 2.99. The molecule has 0 bridgehead atoms. The van der Waals surface area contributed by atoms with Crippen LogP contribution in [0.3, 0.4) is 0 Å². The number of aryl methyl sites for hydroxylation is 1. The molecule has 0 radical (unpaired) electrons. The first-order valence-corrected chi connectivity index (χ1v) is 10.4. The Morgan fingerprint density at radius 2 is 1.57 bits per heavy atom. The van der Waals surface area contributed by atoms with Crippen LogP contribution in [0.5, 0.6) is 0 Å². The van der Waals surface area contributed by atoms with E-state index in [9.17, 15) is 9.59 Å². The Bertz CT molecular complexity index is 602. The molecule has 0 saturated carbocycles. The zero-order chi connectivity index (χ0) is 21.3. The first-order chi connectivity index (χ1) is 13.2. The van der Waals surface area contributed by atoms with Crippen LogP contribution in [-0.4, -0.2) is 43.3 Å². The lowest BCUT2D eigenvalue weighted by Crippen LogP contribution is -2.44. The molecule has 1 amide bonds. The fourth-order valence-electron chi connectivity index (χ4n) is 3.75. The number of hydrogen-bond acceptors (Lipinski definition) is 4. The molecule has 0 spiro atoms. The molecule has 5 heteroatoms. The van der Waals surface area contributed by atoms with Gasteiger partial charge in [0.15, 0.2) is 0 Å². The number of hydrogen-bond donors (Lipinski definition) is 0. The summed E-state index contributed by atoms with van der Waals surface area (Å²) in [5, 5.41) is 0. The van der Waals surface area contributed by atoms with Crippen LogP contribution in [0, 0.1) is 17.8 Å². The molecular formula is C23H37NO4. The predicted octanol–water partition coefficient (Wildman–Crippen LogP) is 5.18. The summed E-state index contributed by atoms with van der Waals surface area (Å²) >= 11 is 0. The van der Waals surface area contributed by atoms with Crippen LogP contribution in [-0.2, 0) is 15.9 Å². The van der Waals surface area contributed by atoms with E-state index in [4.69, 9.17) is 9.47 Å². The van der Waals surface area contributed by atoms with Gasteiger partial charge in [-0.1, -0.05) is 53.2 Å². The van der Waals surface area contributed by atoms with E-state index in [2.05, 4.69) is 34.6 Å². The number of carbonyl (C=O) groups is 2. The lowest BCUT2D eigenvalue weighted by Gasteiger charge is -2.35. The van der Waals surface area contributed by atoms with Crippen LogP contribution in [0.15, 0.2) is 24.3 Å². The topological polar surface area (TPSA) is 55.8 Å². The molecular weight excluding hydrogens is 354 g/mol. The molecule has 0 aliphatic heterocycles. The third kappa shape index (κ3) is 7.17. The summed E-state index contributed by atoms with van der Waals surface area (Å²) in [4.78, 5) is 26.3. The SMILES string of the molecule is CCCc1ccc(C(=O)OC(CN(C)C(=O)OCC)C(C(C)C)C(C)C)cc1. The van der Waals surface area contributed by atoms with Gasteiger partial charge in [0.25, 0.3) is 0 Å². The van der Waals surface area contributed by atoms with Crippen molar-refractivity contribution in [1.82, 2.24) is 4.90 Å². The van der Waals surface area contributed by atoms with Crippen molar-refractivity contribution in [2.45, 2.75) is 60.5 Å². The third-order valence-corrected chi connectivity index (χ3v) is 4.99. The van der Waals surface area contributed by atoms with E-state index < -0.39 is 12.2 Å². The highest BCUT2D eigenvalue weighted by Crippen LogP contribution is 2.28. The molecule has 1 aromatic carbocycles. The van der Waals surface area contributed by atoms with Crippen molar-refractivity contribution in [3.05, 3.63) is 35.4 Å². The van der Waals surface area contributed by atoms with Gasteiger partial charge in [-0.05, 0) is 42.9 Å². The molecule has 1 unspecified atom stereocenters. The van der Waals surface area contributed by atoms with Crippen molar-refractivity contribution in [3.8, 4) is 0 Å². The van der Waals surface area contributed by atoms with E-state index in [-0.39, 0.29) is 11.9 Å². The first-order valence-electron chi connectivity index (χ1n) is 10.4. The number of carbonyl (C=O) groups excluding carboxylic acids is 2. The smallest absolute Gasteiger partial charge is 0.409 e. The Kier molecular flexibility index (Phi) is 10.0. The van der Waals surface area contributed by atoms with Crippen LogP contribution in [0.25, 0.3) is 0 Å². The normalized spacial score (nSPS) is 12.4. The number of ether oxygens (including phenoxy) is 2. The molecule has 0 aliphatic rings. The van der Waals surface area contributed by atoms with Gasteiger partial charge in [-0.2, -0.15) is 0 Å². The number of nitrogens with zero attached hydrogens (tertiary/aromatic N) is 1. The van der Waals surface area contributed by atoms with Crippen molar-refractivity contribution in [1.29, 1.82) is 0 Å². The van der Waals surface area contributed by atoms with Crippen LogP contribution in [0.1, 0.15) is 63.9 Å². The van der Waals surface area contributed by atoms with Crippen molar-refractivity contribution in [3.63, 3.8) is 0 Å². The minimum absolute atomic E-state index is 0.125. The van der Waals surface area contributed by atoms with E-state index in [1.807, 2.05) is 24.3 Å². The Hall–Kier alpha value is -2.04. The van der Waals surface area contributed by atoms with Gasteiger partial charge < -0.3 is 14.4 Å². The number of benzene rings is 1. The molecule has 1 atom stereocenters. The second-order valence-corrected chi connectivity index (χ2v) is 8.04. The molecule has 28 heavy (non-hydrogen) atoms. The fourth-order valence-corrected chi connectivity index (χ4v) is 3.75. The van der Waals surface area contributed by atoms with Crippen molar-refractivity contribution in [2.24, 2.45) is 17.8 Å². The van der Waals surface area contributed by atoms with E-state index in [0.717, 1.165) is 12.8 Å². The van der Waals surface area contributed by atoms with Crippen LogP contribution >= 0.6 is 0 Å². The van der Waals surface area contributed by atoms with Crippen LogP contribution < -0.4 is 0 Å². The number of esters is 1. The van der Waals surface area contributed by atoms with E-state index >= 15 is 0 Å². The van der Waals surface area contributed by atoms with Crippen LogP contribution in [0.2, 0.25) is 0 Å². The molecule has 0 aliphatic carbocycles. The molecule has 0 N–H and O–H groups in total. The summed E-state index contributed by atoms with van der Waals surface area (Å²) in [6, 6.07) is 7.59. The summed E-state index contributed by atoms with van der Waals surface area (Å²) in [6.45, 7) is 13.0. The lowest BCUT2D eigenvalue weighted by atomic mass is 9.81. The van der Waals surface area contributed by atoms with Gasteiger partial charge in [0.2, 0.25) is 0 Å². The lowest BCUT2D eigenvalue weighted by molar-refractivity contribution is -0.0154. The van der Waals surface area contributed by atoms with Gasteiger partial charge in [0.1, 0.15) is 6.10 Å². The average Bonchev–Trinajstić information content (AvgIpc) is 2.62. The fraction of sp³-hybridized carbons (Fsp3) is 0.652. The van der Waals surface area contributed by atoms with E-state index in [0.29, 0.717) is 30.6 Å². The molecule has 5 nitrogen and oxygen atoms in total. The molecule has 158 valence electrons. The Labute approximate surface area is 170 Å². The number of rotatable bonds is 10. The molecule has 0 aromatic heterocycles. The number of likely N-dealkylation sites (N-methyl/N-ethyl adjacent to an activating group) is 1. The highest BCUT2D eigenvalue weighted by Gasteiger charge is 2.33. The second-order valence-electron chi connectivity index (χ2n) is 8.04. The number of amides is 1. The zero-order valence-electron chi connectivity index (χ0n) is 18.5. The van der Waals surface area contributed by atoms with Crippen molar-refractivity contribution >= 4 is 12.1 Å². The molecule has 0 heterocycles. The summed E-state index contributed by atoms with van der Waals surface area (Å²) < 4.78 is 11.0. The maximum Gasteiger partial charge on any atom is 0.409 e. The van der Waals surface area contributed by atoms with Gasteiger partial charge in [-0.15, -0.1) is 0 Å². The summed E-state index contributed by atoms with van der Waals surface area (Å²) in [7, 11) is 1.68. The first kappa shape index (κ1) is 24.0. The van der Waals surface area contributed by atoms with E-state index in [1.165, 1.54) is 10.5 Å². The Morgan fingerprint density at radius 3 is 2.04 bits per heavy atom. The van der Waals surface area contributed by atoms with Crippen molar-refractivity contribution < 1.29 is 19.1 Å². The molecule has 1 aromatic rings. The van der Waals surface area contributed by atoms with E-state index in [1.54, 1.807) is 14.0 Å². The maximum absolute atomic E-state index is 12.8. The second kappa shape index (κ2) is 11.7. The van der Waals surface area contributed by atoms with Crippen LogP contribution in [0.4, 0.5) is 4.79 Å². The molecule has 1 rings (SSSR count). The molecule has 0 saturated heterocycles. The monoisotopic (exact) mass is 391 g/mol. The van der Waals surface area contributed by atoms with Gasteiger partial charge >= 0.3 is 12.1 Å². The minimum Gasteiger partial charge on any atom is -0.457 e. The maximum atomic E-state index is 12.8. The Morgan fingerprint density at radius 1 is 1.00 bits per heavy atom. The van der Waals surface area contributed by atoms with Gasteiger partial charge in [-0.3, -0.25) is 0 Å². The summed E-state index contributed by atoms with van der Waals surface area (Å²) in [5.41, 5.74) is 1.75. The molecule has 0 fully saturated rings. The van der Waals surface area contributed by atoms with Gasteiger partial charge in [0.05, 0.1) is 18.7 Å². The summed E-state index contributed by atoms with van der Waals surface area (Å²) in [5.74, 6) is 0.387. The third-order valence-electron chi connectivity index (χ3n) is 4.99. The minimum atomic E-state index is -0.405. The average molecular weight is 392 g/mol. The van der Waals surface area contributed by atoms with Gasteiger partial charge in [-0.25, -0.2) is 9.59 Å². The highest BCUT2D eigenvalue weighted by atomic mass is 16.6. The van der Waals surface area contributed by atoms with Gasteiger partial charge in [0, 0.05) is 13.0 Å². The standard InChI is InChI=1S/C23H37NO4/c1-8-10-18-11-13-19(14-12-18)22(25)28-20(21(16(3)4)17(5)6)15-24(7)23(26)27-9-2/h11-14,16-17,20-21H,8-10,15H2,1-7H3. The largest absolute Gasteiger partial charge is 0.457 e. The zero-order valence-corrected chi connectivity index (χ0v) is 18.5. The quantitative estimate of drug-likeness (QED) is 0.516.